The van der Waals surface area contributed by atoms with Gasteiger partial charge in [0.1, 0.15) is 11.2 Å². The maximum Gasteiger partial charge on any atom is 0.120 e. The quantitative estimate of drug-likeness (QED) is 0.543. The van der Waals surface area contributed by atoms with E-state index in [1.807, 2.05) is 84.9 Å². The van der Waals surface area contributed by atoms with Gasteiger partial charge in [-0.3, -0.25) is 0 Å². The summed E-state index contributed by atoms with van der Waals surface area (Å²) >= 11 is 0. The van der Waals surface area contributed by atoms with Gasteiger partial charge in [-0.1, -0.05) is 84.9 Å². The topological polar surface area (TPSA) is 40.5 Å². The fourth-order valence-electron chi connectivity index (χ4n) is 3.82. The third kappa shape index (κ3) is 2.42. The summed E-state index contributed by atoms with van der Waals surface area (Å²) in [5, 5.41) is 27.1. The van der Waals surface area contributed by atoms with Crippen LogP contribution in [0.2, 0.25) is 0 Å². The lowest BCUT2D eigenvalue weighted by Gasteiger charge is -2.40. The second kappa shape index (κ2) is 5.94. The number of rotatable bonds is 3. The van der Waals surface area contributed by atoms with Gasteiger partial charge in [0, 0.05) is 0 Å². The summed E-state index contributed by atoms with van der Waals surface area (Å²) < 4.78 is 0. The van der Waals surface area contributed by atoms with E-state index in [4.69, 9.17) is 0 Å². The third-order valence-corrected chi connectivity index (χ3v) is 5.58. The maximum absolute atomic E-state index is 11.6. The highest BCUT2D eigenvalue weighted by Gasteiger charge is 2.46. The minimum atomic E-state index is -1.47. The second-order valence-corrected chi connectivity index (χ2v) is 7.20. The molecule has 2 nitrogen and oxygen atoms in total. The van der Waals surface area contributed by atoms with Crippen LogP contribution in [0.5, 0.6) is 0 Å². The first kappa shape index (κ1) is 16.8. The monoisotopic (exact) mass is 342 g/mol. The Labute approximate surface area is 153 Å². The van der Waals surface area contributed by atoms with Crippen molar-refractivity contribution in [2.45, 2.75) is 25.0 Å². The number of hydrogen-bond acceptors (Lipinski definition) is 2. The number of aliphatic hydroxyl groups is 2. The second-order valence-electron chi connectivity index (χ2n) is 7.20. The van der Waals surface area contributed by atoms with Crippen molar-refractivity contribution in [1.82, 2.24) is 0 Å². The van der Waals surface area contributed by atoms with Crippen LogP contribution in [0, 0.1) is 0 Å². The Kier molecular flexibility index (Phi) is 3.83. The molecule has 0 radical (unpaired) electrons. The molecule has 2 atom stereocenters. The van der Waals surface area contributed by atoms with Crippen LogP contribution in [0.3, 0.4) is 0 Å². The van der Waals surface area contributed by atoms with Crippen LogP contribution in [0.25, 0.3) is 21.5 Å². The summed E-state index contributed by atoms with van der Waals surface area (Å²) in [7, 11) is 0. The standard InChI is InChI=1S/C24H22O2/c1-23(25,21-15-7-11-17-9-3-5-13-19(17)21)24(2,26)22-16-8-12-18-10-4-6-14-20(18)22/h3-16,25-26H,1-2H3/t23-,24-/m1/s1. The van der Waals surface area contributed by atoms with Crippen LogP contribution in [-0.4, -0.2) is 10.2 Å². The Morgan fingerprint density at radius 1 is 0.500 bits per heavy atom. The average molecular weight is 342 g/mol. The summed E-state index contributed by atoms with van der Waals surface area (Å²) in [6, 6.07) is 27.5. The zero-order valence-corrected chi connectivity index (χ0v) is 15.0. The normalized spacial score (nSPS) is 16.3. The van der Waals surface area contributed by atoms with Gasteiger partial charge in [0.2, 0.25) is 0 Å². The molecule has 26 heavy (non-hydrogen) atoms. The molecule has 2 N–H and O–H groups in total. The van der Waals surface area contributed by atoms with E-state index in [1.165, 1.54) is 0 Å². The number of fused-ring (bicyclic) bond motifs is 2. The van der Waals surface area contributed by atoms with Gasteiger partial charge in [-0.2, -0.15) is 0 Å². The highest BCUT2D eigenvalue weighted by atomic mass is 16.4. The Bertz CT molecular complexity index is 994. The molecule has 4 aromatic carbocycles. The van der Waals surface area contributed by atoms with Crippen molar-refractivity contribution < 1.29 is 10.2 Å². The summed E-state index contributed by atoms with van der Waals surface area (Å²) in [6.45, 7) is 3.38. The van der Waals surface area contributed by atoms with Crippen molar-refractivity contribution in [3.63, 3.8) is 0 Å². The lowest BCUT2D eigenvalue weighted by Crippen LogP contribution is -2.45. The molecule has 0 unspecified atom stereocenters. The molecule has 4 aromatic rings. The molecule has 0 spiro atoms. The highest BCUT2D eigenvalue weighted by Crippen LogP contribution is 2.44. The summed E-state index contributed by atoms with van der Waals surface area (Å²) in [6.07, 6.45) is 0. The van der Waals surface area contributed by atoms with Crippen molar-refractivity contribution in [1.29, 1.82) is 0 Å². The Morgan fingerprint density at radius 3 is 1.27 bits per heavy atom. The van der Waals surface area contributed by atoms with Crippen molar-refractivity contribution in [2.75, 3.05) is 0 Å². The molecule has 0 bridgehead atoms. The maximum atomic E-state index is 11.6. The largest absolute Gasteiger partial charge is 0.382 e. The zero-order chi connectivity index (χ0) is 18.4. The van der Waals surface area contributed by atoms with Crippen molar-refractivity contribution >= 4 is 21.5 Å². The Morgan fingerprint density at radius 2 is 0.846 bits per heavy atom. The summed E-state index contributed by atoms with van der Waals surface area (Å²) in [5.41, 5.74) is -1.52. The third-order valence-electron chi connectivity index (χ3n) is 5.58. The van der Waals surface area contributed by atoms with Crippen molar-refractivity contribution in [2.24, 2.45) is 0 Å². The van der Waals surface area contributed by atoms with E-state index in [1.54, 1.807) is 13.8 Å². The molecular formula is C24H22O2. The van der Waals surface area contributed by atoms with E-state index in [9.17, 15) is 10.2 Å². The first-order chi connectivity index (χ1) is 12.4. The van der Waals surface area contributed by atoms with Gasteiger partial charge in [0.05, 0.1) is 0 Å². The van der Waals surface area contributed by atoms with Gasteiger partial charge in [-0.25, -0.2) is 0 Å². The molecule has 0 heterocycles. The molecular weight excluding hydrogens is 320 g/mol. The van der Waals surface area contributed by atoms with Gasteiger partial charge in [-0.05, 0) is 46.5 Å². The van der Waals surface area contributed by atoms with Crippen LogP contribution < -0.4 is 0 Å². The predicted octanol–water partition coefficient (Wildman–Crippen LogP) is 5.11. The first-order valence-electron chi connectivity index (χ1n) is 8.84. The Balaban J connectivity index is 1.96. The van der Waals surface area contributed by atoms with Gasteiger partial charge >= 0.3 is 0 Å². The van der Waals surface area contributed by atoms with Crippen LogP contribution in [-0.2, 0) is 11.2 Å². The van der Waals surface area contributed by atoms with E-state index in [0.717, 1.165) is 21.5 Å². The molecule has 0 fully saturated rings. The molecule has 0 aliphatic carbocycles. The molecule has 2 heteroatoms. The summed E-state index contributed by atoms with van der Waals surface area (Å²) in [5.74, 6) is 0. The SMILES string of the molecule is C[C@@](O)(c1cccc2ccccc12)[C@](C)(O)c1cccc2ccccc12. The van der Waals surface area contributed by atoms with Crippen molar-refractivity contribution in [3.05, 3.63) is 96.1 Å². The van der Waals surface area contributed by atoms with Crippen LogP contribution in [0.15, 0.2) is 84.9 Å². The van der Waals surface area contributed by atoms with E-state index in [2.05, 4.69) is 0 Å². The highest BCUT2D eigenvalue weighted by molar-refractivity contribution is 5.88. The molecule has 0 aliphatic heterocycles. The predicted molar refractivity (Wildman–Crippen MR) is 107 cm³/mol. The van der Waals surface area contributed by atoms with E-state index >= 15 is 0 Å². The van der Waals surface area contributed by atoms with E-state index in [-0.39, 0.29) is 0 Å². The fraction of sp³-hybridized carbons (Fsp3) is 0.167. The molecule has 0 saturated heterocycles. The van der Waals surface area contributed by atoms with Crippen LogP contribution >= 0.6 is 0 Å². The molecule has 0 saturated carbocycles. The van der Waals surface area contributed by atoms with Crippen molar-refractivity contribution in [3.8, 4) is 0 Å². The van der Waals surface area contributed by atoms with Crippen LogP contribution in [0.4, 0.5) is 0 Å². The molecule has 130 valence electrons. The molecule has 0 amide bonds. The number of hydrogen-bond donors (Lipinski definition) is 2. The van der Waals surface area contributed by atoms with Gasteiger partial charge < -0.3 is 10.2 Å². The molecule has 0 aromatic heterocycles. The number of benzene rings is 4. The van der Waals surface area contributed by atoms with Gasteiger partial charge in [0.15, 0.2) is 0 Å². The minimum Gasteiger partial charge on any atom is -0.382 e. The lowest BCUT2D eigenvalue weighted by atomic mass is 9.73. The summed E-state index contributed by atoms with van der Waals surface area (Å²) in [4.78, 5) is 0. The van der Waals surface area contributed by atoms with Gasteiger partial charge in [0.25, 0.3) is 0 Å². The Hall–Kier alpha value is -2.68. The molecule has 4 rings (SSSR count). The smallest absolute Gasteiger partial charge is 0.120 e. The minimum absolute atomic E-state index is 0.716. The fourth-order valence-corrected chi connectivity index (χ4v) is 3.82. The molecule has 0 aliphatic rings. The average Bonchev–Trinajstić information content (AvgIpc) is 2.66. The first-order valence-corrected chi connectivity index (χ1v) is 8.84. The van der Waals surface area contributed by atoms with Crippen LogP contribution in [0.1, 0.15) is 25.0 Å². The van der Waals surface area contributed by atoms with Gasteiger partial charge in [-0.15, -0.1) is 0 Å². The zero-order valence-electron chi connectivity index (χ0n) is 15.0. The lowest BCUT2D eigenvalue weighted by molar-refractivity contribution is -0.141. The van der Waals surface area contributed by atoms with E-state index in [0.29, 0.717) is 11.1 Å². The van der Waals surface area contributed by atoms with E-state index < -0.39 is 11.2 Å².